The summed E-state index contributed by atoms with van der Waals surface area (Å²) in [6.45, 7) is 0. The van der Waals surface area contributed by atoms with E-state index < -0.39 is 12.9 Å². The highest BCUT2D eigenvalue weighted by atomic mass is 79.9. The van der Waals surface area contributed by atoms with Gasteiger partial charge in [0.15, 0.2) is 13.0 Å². The molecular weight excluding hydrogens is 487 g/mol. The number of hydrogen-bond donors (Lipinski definition) is 0. The molecule has 4 rings (SSSR count). The Morgan fingerprint density at radius 1 is 0.667 bits per heavy atom. The van der Waals surface area contributed by atoms with Crippen LogP contribution < -0.4 is 32.9 Å². The number of benzene rings is 3. The van der Waals surface area contributed by atoms with E-state index in [0.717, 1.165) is 0 Å². The first kappa shape index (κ1) is 22.6. The summed E-state index contributed by atoms with van der Waals surface area (Å²) in [5.74, 6) is 0. The third-order valence-electron chi connectivity index (χ3n) is 4.88. The average molecular weight is 505 g/mol. The third-order valence-corrected chi connectivity index (χ3v) is 9.41. The molecule has 0 aliphatic carbocycles. The minimum atomic E-state index is -3.45. The topological polar surface area (TPSA) is 12.9 Å². The first-order valence-corrected chi connectivity index (χ1v) is 11.3. The van der Waals surface area contributed by atoms with Crippen LogP contribution in [0.1, 0.15) is 5.69 Å². The van der Waals surface area contributed by atoms with E-state index in [4.69, 9.17) is 11.6 Å². The van der Waals surface area contributed by atoms with Gasteiger partial charge in [-0.25, -0.2) is 0 Å². The van der Waals surface area contributed by atoms with Crippen molar-refractivity contribution >= 4 is 34.8 Å². The summed E-state index contributed by atoms with van der Waals surface area (Å²) in [6, 6.07) is 29.8. The molecule has 0 fully saturated rings. The van der Waals surface area contributed by atoms with Gasteiger partial charge >= 0.3 is 5.66 Å². The fourth-order valence-electron chi connectivity index (χ4n) is 3.63. The van der Waals surface area contributed by atoms with Gasteiger partial charge in [-0.2, -0.15) is 8.78 Å². The van der Waals surface area contributed by atoms with Crippen molar-refractivity contribution in [2.24, 2.45) is 0 Å². The van der Waals surface area contributed by atoms with E-state index in [-0.39, 0.29) is 27.7 Å². The second-order valence-corrected chi connectivity index (χ2v) is 10.5. The molecule has 0 aliphatic heterocycles. The summed E-state index contributed by atoms with van der Waals surface area (Å²) in [4.78, 5) is 4.05. The van der Waals surface area contributed by atoms with Gasteiger partial charge in [0.05, 0.1) is 0 Å². The molecule has 0 N–H and O–H groups in total. The quantitative estimate of drug-likeness (QED) is 0.381. The van der Waals surface area contributed by atoms with Crippen LogP contribution in [0.3, 0.4) is 0 Å². The van der Waals surface area contributed by atoms with Crippen LogP contribution in [-0.4, -0.2) is 4.98 Å². The Morgan fingerprint density at radius 2 is 1.07 bits per heavy atom. The van der Waals surface area contributed by atoms with Gasteiger partial charge < -0.3 is 17.0 Å². The number of nitrogens with zero attached hydrogens (tertiary/aromatic N) is 1. The molecule has 0 atom stereocenters. The lowest BCUT2D eigenvalue weighted by molar-refractivity contribution is -0.0000107. The van der Waals surface area contributed by atoms with Crippen LogP contribution in [0.15, 0.2) is 109 Å². The lowest BCUT2D eigenvalue weighted by Gasteiger charge is -2.33. The summed E-state index contributed by atoms with van der Waals surface area (Å²) >= 11 is 6.08. The monoisotopic (exact) mass is 503 g/mol. The van der Waals surface area contributed by atoms with Gasteiger partial charge in [0.1, 0.15) is 15.9 Å². The zero-order valence-corrected chi connectivity index (χ0v) is 19.0. The van der Waals surface area contributed by atoms with E-state index in [1.165, 1.54) is 18.3 Å². The van der Waals surface area contributed by atoms with Crippen LogP contribution in [0.25, 0.3) is 0 Å². The first-order chi connectivity index (χ1) is 14.1. The van der Waals surface area contributed by atoms with E-state index in [9.17, 15) is 0 Å². The summed E-state index contributed by atoms with van der Waals surface area (Å²) in [5.41, 5.74) is -3.60. The molecule has 3 aromatic carbocycles. The highest BCUT2D eigenvalue weighted by molar-refractivity contribution is 7.96. The molecule has 0 bridgehead atoms. The van der Waals surface area contributed by atoms with Crippen LogP contribution >= 0.6 is 18.9 Å². The van der Waals surface area contributed by atoms with Crippen molar-refractivity contribution in [1.82, 2.24) is 4.98 Å². The van der Waals surface area contributed by atoms with Gasteiger partial charge in [-0.3, -0.25) is 4.98 Å². The molecular formula is C24H18BrClF2NP. The fourth-order valence-corrected chi connectivity index (χ4v) is 7.98. The second-order valence-electron chi connectivity index (χ2n) is 6.58. The molecule has 0 unspecified atom stereocenters. The molecule has 152 valence electrons. The van der Waals surface area contributed by atoms with Crippen LogP contribution in [0.4, 0.5) is 8.78 Å². The second kappa shape index (κ2) is 9.34. The molecule has 0 saturated heterocycles. The maximum atomic E-state index is 16.6. The van der Waals surface area contributed by atoms with Crippen molar-refractivity contribution in [1.29, 1.82) is 0 Å². The fraction of sp³-hybridized carbons (Fsp3) is 0.0417. The lowest BCUT2D eigenvalue weighted by Crippen LogP contribution is -3.00. The molecule has 1 nitrogen and oxygen atoms in total. The number of hydrogen-bond acceptors (Lipinski definition) is 1. The van der Waals surface area contributed by atoms with Gasteiger partial charge in [-0.1, -0.05) is 66.2 Å². The number of alkyl halides is 2. The number of halogens is 4. The summed E-state index contributed by atoms with van der Waals surface area (Å²) in [6.07, 6.45) is 1.33. The van der Waals surface area contributed by atoms with Crippen molar-refractivity contribution < 1.29 is 25.8 Å². The van der Waals surface area contributed by atoms with Gasteiger partial charge in [0.25, 0.3) is 0 Å². The average Bonchev–Trinajstić information content (AvgIpc) is 2.76. The largest absolute Gasteiger partial charge is 1.00 e. The van der Waals surface area contributed by atoms with Gasteiger partial charge in [0.2, 0.25) is 0 Å². The Labute approximate surface area is 190 Å². The van der Waals surface area contributed by atoms with E-state index in [1.807, 2.05) is 18.2 Å². The van der Waals surface area contributed by atoms with Crippen LogP contribution in [0.2, 0.25) is 5.02 Å². The first-order valence-electron chi connectivity index (χ1n) is 9.12. The Hall–Kier alpha value is -2.13. The summed E-state index contributed by atoms with van der Waals surface area (Å²) in [5, 5.41) is 2.00. The number of aromatic nitrogens is 1. The smallest absolute Gasteiger partial charge is 0.410 e. The van der Waals surface area contributed by atoms with E-state index >= 15 is 8.78 Å². The number of pyridine rings is 1. The molecule has 4 aromatic rings. The minimum Gasteiger partial charge on any atom is -1.00 e. The highest BCUT2D eigenvalue weighted by Crippen LogP contribution is 2.71. The summed E-state index contributed by atoms with van der Waals surface area (Å²) in [7, 11) is -3.45. The van der Waals surface area contributed by atoms with E-state index in [2.05, 4.69) is 4.98 Å². The van der Waals surface area contributed by atoms with Crippen LogP contribution in [0, 0.1) is 0 Å². The normalized spacial score (nSPS) is 11.6. The van der Waals surface area contributed by atoms with E-state index in [0.29, 0.717) is 15.9 Å². The molecule has 30 heavy (non-hydrogen) atoms. The van der Waals surface area contributed by atoms with Crippen molar-refractivity contribution in [3.8, 4) is 0 Å². The van der Waals surface area contributed by atoms with Crippen molar-refractivity contribution in [2.75, 3.05) is 0 Å². The maximum Gasteiger partial charge on any atom is 0.410 e. The molecule has 0 spiro atoms. The maximum absolute atomic E-state index is 16.6. The predicted molar refractivity (Wildman–Crippen MR) is 118 cm³/mol. The number of rotatable bonds is 5. The van der Waals surface area contributed by atoms with Gasteiger partial charge in [-0.05, 0) is 48.5 Å². The molecule has 6 heteroatoms. The van der Waals surface area contributed by atoms with Crippen molar-refractivity contribution in [3.05, 3.63) is 120 Å². The predicted octanol–water partition coefficient (Wildman–Crippen LogP) is 2.78. The lowest BCUT2D eigenvalue weighted by atomic mass is 10.3. The van der Waals surface area contributed by atoms with Crippen LogP contribution in [-0.2, 0) is 5.66 Å². The third kappa shape index (κ3) is 3.80. The Morgan fingerprint density at radius 3 is 1.43 bits per heavy atom. The molecule has 0 amide bonds. The molecule has 1 heterocycles. The summed E-state index contributed by atoms with van der Waals surface area (Å²) < 4.78 is 33.3. The van der Waals surface area contributed by atoms with E-state index in [1.54, 1.807) is 72.8 Å². The Balaban J connectivity index is 0.00000256. The zero-order chi connectivity index (χ0) is 20.3. The Kier molecular flexibility index (Phi) is 7.02. The van der Waals surface area contributed by atoms with Crippen LogP contribution in [0.5, 0.6) is 0 Å². The van der Waals surface area contributed by atoms with Gasteiger partial charge in [-0.15, -0.1) is 0 Å². The zero-order valence-electron chi connectivity index (χ0n) is 15.8. The highest BCUT2D eigenvalue weighted by Gasteiger charge is 2.67. The molecule has 0 saturated carbocycles. The van der Waals surface area contributed by atoms with Crippen molar-refractivity contribution in [2.45, 2.75) is 5.66 Å². The molecule has 1 aromatic heterocycles. The van der Waals surface area contributed by atoms with Gasteiger partial charge in [0, 0.05) is 11.2 Å². The Bertz CT molecular complexity index is 999. The minimum absolute atomic E-state index is 0. The SMILES string of the molecule is FC(F)(c1cc(Cl)ccn1)[P+](c1ccccc1)(c1ccccc1)c1ccccc1.[Br-]. The molecule has 0 aliphatic rings. The van der Waals surface area contributed by atoms with Crippen molar-refractivity contribution in [3.63, 3.8) is 0 Å². The standard InChI is InChI=1S/C24H18ClF2NP.BrH/c25-19-16-17-28-23(18-19)24(26,27)29(20-10-4-1-5-11-20,21-12-6-2-7-13-21)22-14-8-3-9-15-22;/h1-18H;1H/q+1;/p-1. The molecule has 0 radical (unpaired) electrons.